The van der Waals surface area contributed by atoms with Gasteiger partial charge in [0.2, 0.25) is 5.76 Å². The average Bonchev–Trinajstić information content (AvgIpc) is 3.05. The molecule has 1 aliphatic rings. The van der Waals surface area contributed by atoms with Crippen molar-refractivity contribution in [2.24, 2.45) is 0 Å². The fourth-order valence-electron chi connectivity index (χ4n) is 2.62. The maximum atomic E-state index is 11.8. The largest absolute Gasteiger partial charge is 0.478 e. The molecule has 2 atom stereocenters. The van der Waals surface area contributed by atoms with E-state index in [4.69, 9.17) is 9.47 Å². The molecule has 0 amide bonds. The molecule has 3 heteroatoms. The fourth-order valence-corrected chi connectivity index (χ4v) is 2.62. The van der Waals surface area contributed by atoms with Gasteiger partial charge in [-0.3, -0.25) is 0 Å². The van der Waals surface area contributed by atoms with Gasteiger partial charge in [0.25, 0.3) is 0 Å². The summed E-state index contributed by atoms with van der Waals surface area (Å²) in [6, 6.07) is 20.0. The SMILES string of the molecule is COC(=O)C1=C[C@@H](c2ccccc2)[C@@H](/C=C/c2ccccc2)O1. The van der Waals surface area contributed by atoms with Crippen molar-refractivity contribution in [3.05, 3.63) is 89.7 Å². The molecule has 0 unspecified atom stereocenters. The summed E-state index contributed by atoms with van der Waals surface area (Å²) in [6.07, 6.45) is 5.60. The molecule has 0 bridgehead atoms. The molecule has 0 N–H and O–H groups in total. The minimum Gasteiger partial charge on any atom is -0.478 e. The molecule has 0 radical (unpaired) electrons. The molecular formula is C20H18O3. The van der Waals surface area contributed by atoms with Crippen LogP contribution in [0.4, 0.5) is 0 Å². The highest BCUT2D eigenvalue weighted by Crippen LogP contribution is 2.34. The third-order valence-electron chi connectivity index (χ3n) is 3.80. The Morgan fingerprint density at radius 2 is 1.70 bits per heavy atom. The zero-order chi connectivity index (χ0) is 16.1. The summed E-state index contributed by atoms with van der Waals surface area (Å²) in [7, 11) is 1.36. The summed E-state index contributed by atoms with van der Waals surface area (Å²) in [5, 5.41) is 0. The smallest absolute Gasteiger partial charge is 0.373 e. The quantitative estimate of drug-likeness (QED) is 0.803. The van der Waals surface area contributed by atoms with Gasteiger partial charge in [0.05, 0.1) is 7.11 Å². The van der Waals surface area contributed by atoms with Gasteiger partial charge in [-0.05, 0) is 23.3 Å². The first kappa shape index (κ1) is 15.1. The molecule has 1 heterocycles. The maximum Gasteiger partial charge on any atom is 0.373 e. The van der Waals surface area contributed by atoms with Gasteiger partial charge in [0.1, 0.15) is 6.10 Å². The van der Waals surface area contributed by atoms with Crippen molar-refractivity contribution >= 4 is 12.0 Å². The van der Waals surface area contributed by atoms with Gasteiger partial charge in [-0.1, -0.05) is 66.7 Å². The normalized spacial score (nSPS) is 20.1. The molecule has 116 valence electrons. The lowest BCUT2D eigenvalue weighted by Crippen LogP contribution is -2.14. The fraction of sp³-hybridized carbons (Fsp3) is 0.150. The van der Waals surface area contributed by atoms with Gasteiger partial charge in [-0.2, -0.15) is 0 Å². The van der Waals surface area contributed by atoms with Crippen molar-refractivity contribution < 1.29 is 14.3 Å². The van der Waals surface area contributed by atoms with Crippen LogP contribution >= 0.6 is 0 Å². The Hall–Kier alpha value is -2.81. The average molecular weight is 306 g/mol. The summed E-state index contributed by atoms with van der Waals surface area (Å²) in [5.74, 6) is -0.184. The van der Waals surface area contributed by atoms with E-state index >= 15 is 0 Å². The molecule has 3 nitrogen and oxygen atoms in total. The van der Waals surface area contributed by atoms with E-state index in [1.807, 2.05) is 78.9 Å². The third-order valence-corrected chi connectivity index (χ3v) is 3.80. The van der Waals surface area contributed by atoms with Crippen LogP contribution in [0.5, 0.6) is 0 Å². The Bertz CT molecular complexity index is 717. The summed E-state index contributed by atoms with van der Waals surface area (Å²) in [6.45, 7) is 0. The minimum absolute atomic E-state index is 0.00902. The van der Waals surface area contributed by atoms with Crippen LogP contribution in [0.25, 0.3) is 6.08 Å². The van der Waals surface area contributed by atoms with Crippen LogP contribution in [0, 0.1) is 0 Å². The molecule has 3 rings (SSSR count). The zero-order valence-corrected chi connectivity index (χ0v) is 12.9. The number of esters is 1. The molecule has 0 saturated heterocycles. The monoisotopic (exact) mass is 306 g/mol. The Morgan fingerprint density at radius 1 is 1.04 bits per heavy atom. The highest BCUT2D eigenvalue weighted by atomic mass is 16.6. The van der Waals surface area contributed by atoms with Crippen molar-refractivity contribution in [1.82, 2.24) is 0 Å². The third kappa shape index (κ3) is 3.51. The van der Waals surface area contributed by atoms with Crippen LogP contribution < -0.4 is 0 Å². The number of hydrogen-bond donors (Lipinski definition) is 0. The molecule has 0 aliphatic carbocycles. The second kappa shape index (κ2) is 6.97. The molecule has 0 fully saturated rings. The van der Waals surface area contributed by atoms with Crippen molar-refractivity contribution in [3.63, 3.8) is 0 Å². The molecular weight excluding hydrogens is 288 g/mol. The summed E-state index contributed by atoms with van der Waals surface area (Å²) in [4.78, 5) is 11.8. The van der Waals surface area contributed by atoms with E-state index in [1.54, 1.807) is 0 Å². The summed E-state index contributed by atoms with van der Waals surface area (Å²) in [5.41, 5.74) is 2.20. The van der Waals surface area contributed by atoms with Crippen LogP contribution in [0.3, 0.4) is 0 Å². The predicted octanol–water partition coefficient (Wildman–Crippen LogP) is 3.94. The summed E-state index contributed by atoms with van der Waals surface area (Å²) < 4.78 is 10.6. The van der Waals surface area contributed by atoms with E-state index in [2.05, 4.69) is 0 Å². The minimum atomic E-state index is -0.443. The molecule has 0 spiro atoms. The number of methoxy groups -OCH3 is 1. The predicted molar refractivity (Wildman–Crippen MR) is 89.6 cm³/mol. The first-order chi connectivity index (χ1) is 11.3. The lowest BCUT2D eigenvalue weighted by molar-refractivity contribution is -0.140. The molecule has 23 heavy (non-hydrogen) atoms. The van der Waals surface area contributed by atoms with Crippen LogP contribution in [-0.4, -0.2) is 19.2 Å². The molecule has 0 saturated carbocycles. The van der Waals surface area contributed by atoms with Gasteiger partial charge < -0.3 is 9.47 Å². The second-order valence-corrected chi connectivity index (χ2v) is 5.31. The number of carbonyl (C=O) groups is 1. The highest BCUT2D eigenvalue weighted by molar-refractivity contribution is 5.87. The van der Waals surface area contributed by atoms with Crippen molar-refractivity contribution in [1.29, 1.82) is 0 Å². The Morgan fingerprint density at radius 3 is 2.35 bits per heavy atom. The van der Waals surface area contributed by atoms with Gasteiger partial charge in [0, 0.05) is 5.92 Å². The molecule has 2 aromatic rings. The van der Waals surface area contributed by atoms with Gasteiger partial charge in [0.15, 0.2) is 0 Å². The Balaban J connectivity index is 1.86. The Labute approximate surface area is 135 Å². The maximum absolute atomic E-state index is 11.8. The van der Waals surface area contributed by atoms with E-state index in [9.17, 15) is 4.79 Å². The van der Waals surface area contributed by atoms with Crippen molar-refractivity contribution in [3.8, 4) is 0 Å². The van der Waals surface area contributed by atoms with Crippen molar-refractivity contribution in [2.75, 3.05) is 7.11 Å². The molecule has 2 aromatic carbocycles. The molecule has 0 aromatic heterocycles. The van der Waals surface area contributed by atoms with Crippen molar-refractivity contribution in [2.45, 2.75) is 12.0 Å². The van der Waals surface area contributed by atoms with E-state index in [0.29, 0.717) is 0 Å². The molecule has 1 aliphatic heterocycles. The lowest BCUT2D eigenvalue weighted by atomic mass is 9.93. The Kier molecular flexibility index (Phi) is 4.57. The number of carbonyl (C=O) groups excluding carboxylic acids is 1. The van der Waals surface area contributed by atoms with E-state index < -0.39 is 5.97 Å². The van der Waals surface area contributed by atoms with Gasteiger partial charge in [-0.15, -0.1) is 0 Å². The highest BCUT2D eigenvalue weighted by Gasteiger charge is 2.32. The van der Waals surface area contributed by atoms with E-state index in [-0.39, 0.29) is 17.8 Å². The lowest BCUT2D eigenvalue weighted by Gasteiger charge is -2.16. The second-order valence-electron chi connectivity index (χ2n) is 5.31. The van der Waals surface area contributed by atoms with Crippen LogP contribution in [-0.2, 0) is 14.3 Å². The first-order valence-electron chi connectivity index (χ1n) is 7.53. The summed E-state index contributed by atoms with van der Waals surface area (Å²) >= 11 is 0. The van der Waals surface area contributed by atoms with Gasteiger partial charge in [-0.25, -0.2) is 4.79 Å². The standard InChI is InChI=1S/C20H18O3/c1-22-20(21)19-14-17(16-10-6-3-7-11-16)18(23-19)13-12-15-8-4-2-5-9-15/h2-14,17-18H,1H3/b13-12+/t17-,18+/m0/s1. The van der Waals surface area contributed by atoms with Crippen LogP contribution in [0.2, 0.25) is 0 Å². The number of hydrogen-bond acceptors (Lipinski definition) is 3. The topological polar surface area (TPSA) is 35.5 Å². The van der Waals surface area contributed by atoms with Gasteiger partial charge >= 0.3 is 5.97 Å². The van der Waals surface area contributed by atoms with Crippen LogP contribution in [0.15, 0.2) is 78.6 Å². The van der Waals surface area contributed by atoms with Crippen LogP contribution in [0.1, 0.15) is 17.0 Å². The first-order valence-corrected chi connectivity index (χ1v) is 7.53. The number of ether oxygens (including phenoxy) is 2. The zero-order valence-electron chi connectivity index (χ0n) is 12.9. The number of rotatable bonds is 4. The van der Waals surface area contributed by atoms with E-state index in [1.165, 1.54) is 7.11 Å². The van der Waals surface area contributed by atoms with E-state index in [0.717, 1.165) is 11.1 Å². The number of benzene rings is 2.